The zero-order chi connectivity index (χ0) is 42.1. The van der Waals surface area contributed by atoms with Crippen LogP contribution in [-0.4, -0.2) is 0 Å². The Balaban J connectivity index is 1.03. The van der Waals surface area contributed by atoms with E-state index in [9.17, 15) is 0 Å². The minimum Gasteiger partial charge on any atom is -0.310 e. The summed E-state index contributed by atoms with van der Waals surface area (Å²) in [4.78, 5) is 2.50. The topological polar surface area (TPSA) is 3.24 Å². The quantitative estimate of drug-likeness (QED) is 0.155. The molecule has 0 atom stereocenters. The van der Waals surface area contributed by atoms with E-state index in [0.717, 1.165) is 11.4 Å². The fourth-order valence-electron chi connectivity index (χ4n) is 11.2. The second-order valence-corrected chi connectivity index (χ2v) is 19.3. The monoisotopic (exact) mass is 827 g/mol. The summed E-state index contributed by atoms with van der Waals surface area (Å²) in [7, 11) is 0. The molecule has 1 saturated carbocycles. The molecule has 1 heterocycles. The van der Waals surface area contributed by atoms with Crippen LogP contribution in [0.4, 0.5) is 17.1 Å². The molecule has 0 N–H and O–H groups in total. The van der Waals surface area contributed by atoms with Crippen molar-refractivity contribution in [3.05, 3.63) is 211 Å². The fraction of sp³-hybridized carbons (Fsp3) is 0.148. The summed E-state index contributed by atoms with van der Waals surface area (Å²) in [5, 5.41) is 5.37. The predicted molar refractivity (Wildman–Crippen MR) is 271 cm³/mol. The van der Waals surface area contributed by atoms with E-state index < -0.39 is 0 Å². The molecule has 2 aliphatic carbocycles. The molecule has 304 valence electrons. The molecule has 1 fully saturated rings. The number of hydrogen-bond donors (Lipinski definition) is 0. The van der Waals surface area contributed by atoms with E-state index in [1.807, 2.05) is 11.3 Å². The highest BCUT2D eigenvalue weighted by atomic mass is 32.1. The van der Waals surface area contributed by atoms with Gasteiger partial charge in [0, 0.05) is 42.5 Å². The Morgan fingerprint density at radius 2 is 1.11 bits per heavy atom. The van der Waals surface area contributed by atoms with Crippen LogP contribution in [0.2, 0.25) is 0 Å². The van der Waals surface area contributed by atoms with Gasteiger partial charge in [-0.25, -0.2) is 0 Å². The van der Waals surface area contributed by atoms with Gasteiger partial charge in [0.05, 0.1) is 5.69 Å². The van der Waals surface area contributed by atoms with Crippen molar-refractivity contribution in [2.75, 3.05) is 4.90 Å². The van der Waals surface area contributed by atoms with Crippen LogP contribution in [0.5, 0.6) is 0 Å². The number of nitrogens with zero attached hydrogens (tertiary/aromatic N) is 1. The molecule has 9 aromatic carbocycles. The molecule has 0 saturated heterocycles. The Morgan fingerprint density at radius 1 is 0.444 bits per heavy atom. The average molecular weight is 828 g/mol. The molecule has 0 unspecified atom stereocenters. The minimum atomic E-state index is -0.0501. The fourth-order valence-corrected chi connectivity index (χ4v) is 12.3. The summed E-state index contributed by atoms with van der Waals surface area (Å²) in [6.07, 6.45) is 6.50. The van der Waals surface area contributed by atoms with Crippen molar-refractivity contribution in [1.29, 1.82) is 0 Å². The minimum absolute atomic E-state index is 0.0501. The molecule has 1 nitrogen and oxygen atoms in total. The lowest BCUT2D eigenvalue weighted by Gasteiger charge is -2.29. The van der Waals surface area contributed by atoms with Gasteiger partial charge >= 0.3 is 0 Å². The van der Waals surface area contributed by atoms with Crippen LogP contribution in [0.15, 0.2) is 194 Å². The summed E-state index contributed by atoms with van der Waals surface area (Å²) in [6, 6.07) is 73.1. The number of anilines is 3. The first-order valence-electron chi connectivity index (χ1n) is 22.8. The summed E-state index contributed by atoms with van der Waals surface area (Å²) in [6.45, 7) is 4.73. The van der Waals surface area contributed by atoms with Crippen molar-refractivity contribution >= 4 is 59.3 Å². The molecule has 0 spiro atoms. The third-order valence-corrected chi connectivity index (χ3v) is 15.4. The maximum absolute atomic E-state index is 2.50. The number of para-hydroxylation sites is 1. The Hall–Kier alpha value is -6.74. The molecule has 1 aromatic heterocycles. The van der Waals surface area contributed by atoms with Gasteiger partial charge < -0.3 is 4.90 Å². The molecule has 0 bridgehead atoms. The van der Waals surface area contributed by atoms with Gasteiger partial charge in [0.15, 0.2) is 0 Å². The Labute approximate surface area is 374 Å². The van der Waals surface area contributed by atoms with Crippen molar-refractivity contribution in [2.24, 2.45) is 0 Å². The zero-order valence-electron chi connectivity index (χ0n) is 35.9. The van der Waals surface area contributed by atoms with E-state index in [2.05, 4.69) is 213 Å². The van der Waals surface area contributed by atoms with E-state index in [0.29, 0.717) is 5.92 Å². The number of rotatable bonds is 7. The molecule has 0 aliphatic heterocycles. The molecule has 0 radical (unpaired) electrons. The van der Waals surface area contributed by atoms with E-state index in [1.54, 1.807) is 0 Å². The number of fused-ring (bicyclic) bond motifs is 7. The van der Waals surface area contributed by atoms with E-state index in [-0.39, 0.29) is 5.41 Å². The standard InChI is InChI=1S/C61H49NS/c1-61(2)54-28-9-6-22-49(54)50-37-34-43(39-55(50)61)40-32-35-45(36-33-40)62(46-21-12-20-44(38-46)48-26-15-31-58-60(48)53-24-8-11-30-57(53)63-58)56-29-10-7-23-51(56)52-27-14-19-42-18-13-25-47(59(42)52)41-16-4-3-5-17-41/h6-15,18-39,41H,3-5,16-17H2,1-2H3. The van der Waals surface area contributed by atoms with Gasteiger partial charge in [0.2, 0.25) is 0 Å². The second-order valence-electron chi connectivity index (χ2n) is 18.2. The van der Waals surface area contributed by atoms with Gasteiger partial charge in [0.1, 0.15) is 0 Å². The molecule has 2 heteroatoms. The highest BCUT2D eigenvalue weighted by Gasteiger charge is 2.35. The van der Waals surface area contributed by atoms with Crippen molar-refractivity contribution < 1.29 is 0 Å². The van der Waals surface area contributed by atoms with Crippen LogP contribution in [0.1, 0.15) is 68.6 Å². The van der Waals surface area contributed by atoms with Crippen LogP contribution in [0, 0.1) is 0 Å². The lowest BCUT2D eigenvalue weighted by atomic mass is 9.80. The number of thiophene rings is 1. The first-order chi connectivity index (χ1) is 31.0. The maximum Gasteiger partial charge on any atom is 0.0540 e. The van der Waals surface area contributed by atoms with Gasteiger partial charge in [0.25, 0.3) is 0 Å². The van der Waals surface area contributed by atoms with Gasteiger partial charge in [-0.05, 0) is 134 Å². The largest absolute Gasteiger partial charge is 0.310 e. The van der Waals surface area contributed by atoms with Gasteiger partial charge in [-0.1, -0.05) is 179 Å². The van der Waals surface area contributed by atoms with Crippen LogP contribution >= 0.6 is 11.3 Å². The molecule has 63 heavy (non-hydrogen) atoms. The van der Waals surface area contributed by atoms with Gasteiger partial charge in [-0.2, -0.15) is 0 Å². The zero-order valence-corrected chi connectivity index (χ0v) is 36.8. The van der Waals surface area contributed by atoms with Crippen molar-refractivity contribution in [2.45, 2.75) is 57.3 Å². The smallest absolute Gasteiger partial charge is 0.0540 e. The molecular formula is C61H49NS. The molecule has 2 aliphatic rings. The predicted octanol–water partition coefficient (Wildman–Crippen LogP) is 18.0. The summed E-state index contributed by atoms with van der Waals surface area (Å²) in [5.41, 5.74) is 17.9. The molecule has 10 aromatic rings. The highest BCUT2D eigenvalue weighted by molar-refractivity contribution is 7.25. The summed E-state index contributed by atoms with van der Waals surface area (Å²) >= 11 is 1.88. The van der Waals surface area contributed by atoms with Crippen molar-refractivity contribution in [1.82, 2.24) is 0 Å². The van der Waals surface area contributed by atoms with Gasteiger partial charge in [-0.15, -0.1) is 11.3 Å². The average Bonchev–Trinajstić information content (AvgIpc) is 3.84. The summed E-state index contributed by atoms with van der Waals surface area (Å²) in [5.74, 6) is 0.589. The Kier molecular flexibility index (Phi) is 9.20. The Bertz CT molecular complexity index is 3360. The third kappa shape index (κ3) is 6.34. The summed E-state index contributed by atoms with van der Waals surface area (Å²) < 4.78 is 2.64. The molecule has 0 amide bonds. The van der Waals surface area contributed by atoms with Crippen LogP contribution in [0.25, 0.3) is 75.5 Å². The normalized spacial score (nSPS) is 14.6. The first-order valence-corrected chi connectivity index (χ1v) is 23.6. The molecule has 12 rings (SSSR count). The first kappa shape index (κ1) is 38.0. The van der Waals surface area contributed by atoms with Crippen LogP contribution in [0.3, 0.4) is 0 Å². The van der Waals surface area contributed by atoms with Crippen LogP contribution < -0.4 is 4.90 Å². The van der Waals surface area contributed by atoms with Crippen LogP contribution in [-0.2, 0) is 5.41 Å². The van der Waals surface area contributed by atoms with Crippen molar-refractivity contribution in [3.63, 3.8) is 0 Å². The lowest BCUT2D eigenvalue weighted by molar-refractivity contribution is 0.445. The third-order valence-electron chi connectivity index (χ3n) is 14.3. The lowest BCUT2D eigenvalue weighted by Crippen LogP contribution is -2.14. The molecular weight excluding hydrogens is 779 g/mol. The Morgan fingerprint density at radius 3 is 1.98 bits per heavy atom. The maximum atomic E-state index is 2.50. The van der Waals surface area contributed by atoms with E-state index in [4.69, 9.17) is 0 Å². The SMILES string of the molecule is CC1(C)c2ccccc2-c2ccc(-c3ccc(N(c4cccc(-c5cccc6sc7ccccc7c56)c4)c4ccccc4-c4cccc5cccc(C6CCCCC6)c45)cc3)cc21. The van der Waals surface area contributed by atoms with Crippen molar-refractivity contribution in [3.8, 4) is 44.5 Å². The number of benzene rings is 9. The second kappa shape index (κ2) is 15.3. The van der Waals surface area contributed by atoms with Gasteiger partial charge in [-0.3, -0.25) is 0 Å². The highest BCUT2D eigenvalue weighted by Crippen LogP contribution is 2.51. The number of hydrogen-bond acceptors (Lipinski definition) is 2. The van der Waals surface area contributed by atoms with E-state index >= 15 is 0 Å². The van der Waals surface area contributed by atoms with E-state index in [1.165, 1.54) is 130 Å².